The number of hydrogen-bond donors (Lipinski definition) is 1. The van der Waals surface area contributed by atoms with Crippen LogP contribution in [0.15, 0.2) is 30.3 Å². The van der Waals surface area contributed by atoms with Crippen LogP contribution in [0.5, 0.6) is 0 Å². The summed E-state index contributed by atoms with van der Waals surface area (Å²) < 4.78 is 25.9. The maximum atomic E-state index is 11.3. The molecule has 1 aliphatic rings. The molecular weight excluding hydrogens is 254 g/mol. The Morgan fingerprint density at radius 2 is 1.83 bits per heavy atom. The van der Waals surface area contributed by atoms with Crippen LogP contribution in [0, 0.1) is 0 Å². The second kappa shape index (κ2) is 6.51. The zero-order chi connectivity index (χ0) is 13.6. The van der Waals surface area contributed by atoms with E-state index in [4.69, 9.17) is 4.55 Å². The summed E-state index contributed by atoms with van der Waals surface area (Å²) in [6.45, 7) is 1.70. The van der Waals surface area contributed by atoms with Crippen LogP contribution < -0.4 is 0 Å². The third kappa shape index (κ3) is 6.36. The number of likely N-dealkylation sites (tertiary alicyclic amines) is 1. The first kappa shape index (κ1) is 14.7. The summed E-state index contributed by atoms with van der Waals surface area (Å²) in [5.41, 5.74) is 1.22. The highest BCUT2D eigenvalue weighted by atomic mass is 32.2. The fraction of sp³-hybridized carbons (Fsp3) is 0.417. The summed E-state index contributed by atoms with van der Waals surface area (Å²) in [6, 6.07) is 10.1. The fourth-order valence-corrected chi connectivity index (χ4v) is 1.67. The second-order valence-corrected chi connectivity index (χ2v) is 5.60. The lowest BCUT2D eigenvalue weighted by Gasteiger charge is -2.14. The number of amides is 1. The molecule has 1 aromatic rings. The van der Waals surface area contributed by atoms with Gasteiger partial charge in [0.25, 0.3) is 10.1 Å². The van der Waals surface area contributed by atoms with Gasteiger partial charge in [-0.3, -0.25) is 9.35 Å². The van der Waals surface area contributed by atoms with E-state index in [1.54, 1.807) is 0 Å². The Balaban J connectivity index is 0.000000280. The van der Waals surface area contributed by atoms with E-state index in [9.17, 15) is 13.2 Å². The predicted molar refractivity (Wildman–Crippen MR) is 68.6 cm³/mol. The van der Waals surface area contributed by atoms with Gasteiger partial charge in [0.1, 0.15) is 0 Å². The summed E-state index contributed by atoms with van der Waals surface area (Å²) in [5.74, 6) is 0.295. The fourth-order valence-electron chi connectivity index (χ4n) is 1.67. The van der Waals surface area contributed by atoms with Gasteiger partial charge in [0.05, 0.1) is 6.26 Å². The van der Waals surface area contributed by atoms with Gasteiger partial charge in [-0.2, -0.15) is 8.42 Å². The van der Waals surface area contributed by atoms with E-state index in [1.165, 1.54) is 5.56 Å². The molecule has 2 rings (SSSR count). The molecule has 0 radical (unpaired) electrons. The molecule has 1 heterocycles. The van der Waals surface area contributed by atoms with Crippen LogP contribution in [0.2, 0.25) is 0 Å². The molecular formula is C12H17NO4S. The lowest BCUT2D eigenvalue weighted by atomic mass is 10.2. The highest BCUT2D eigenvalue weighted by Gasteiger charge is 2.19. The summed E-state index contributed by atoms with van der Waals surface area (Å²) in [5, 5.41) is 0. The Kier molecular flexibility index (Phi) is 5.30. The van der Waals surface area contributed by atoms with Gasteiger partial charge in [-0.1, -0.05) is 30.3 Å². The molecule has 1 saturated heterocycles. The van der Waals surface area contributed by atoms with Gasteiger partial charge < -0.3 is 4.90 Å². The van der Waals surface area contributed by atoms with Crippen molar-refractivity contribution in [3.05, 3.63) is 35.9 Å². The van der Waals surface area contributed by atoms with E-state index in [0.29, 0.717) is 12.2 Å². The van der Waals surface area contributed by atoms with E-state index in [-0.39, 0.29) is 0 Å². The van der Waals surface area contributed by atoms with Crippen molar-refractivity contribution in [1.29, 1.82) is 0 Å². The standard InChI is InChI=1S/C11H13NO.CH4O3S/c13-11-7-4-8-12(11)9-10-5-2-1-3-6-10;1-5(2,3)4/h1-3,5-6H,4,7-9H2;1H3,(H,2,3,4). The summed E-state index contributed by atoms with van der Waals surface area (Å²) in [6.07, 6.45) is 2.46. The van der Waals surface area contributed by atoms with E-state index < -0.39 is 10.1 Å². The Bertz CT molecular complexity index is 476. The molecule has 100 valence electrons. The van der Waals surface area contributed by atoms with Crippen molar-refractivity contribution in [3.8, 4) is 0 Å². The van der Waals surface area contributed by atoms with Crippen molar-refractivity contribution in [2.24, 2.45) is 0 Å². The second-order valence-electron chi connectivity index (χ2n) is 4.14. The van der Waals surface area contributed by atoms with Gasteiger partial charge in [0.15, 0.2) is 0 Å². The number of carbonyl (C=O) groups excluding carboxylic acids is 1. The van der Waals surface area contributed by atoms with E-state index in [1.807, 2.05) is 23.1 Å². The molecule has 0 unspecified atom stereocenters. The highest BCUT2D eigenvalue weighted by Crippen LogP contribution is 2.13. The minimum Gasteiger partial charge on any atom is -0.338 e. The average Bonchev–Trinajstić information content (AvgIpc) is 2.64. The molecule has 1 aliphatic heterocycles. The molecule has 1 amide bonds. The minimum absolute atomic E-state index is 0.295. The lowest BCUT2D eigenvalue weighted by Crippen LogP contribution is -2.23. The normalized spacial score (nSPS) is 15.2. The van der Waals surface area contributed by atoms with Crippen molar-refractivity contribution >= 4 is 16.0 Å². The van der Waals surface area contributed by atoms with Gasteiger partial charge in [-0.15, -0.1) is 0 Å². The third-order valence-corrected chi connectivity index (χ3v) is 2.39. The number of benzene rings is 1. The summed E-state index contributed by atoms with van der Waals surface area (Å²) in [4.78, 5) is 13.2. The first-order chi connectivity index (χ1) is 8.36. The van der Waals surface area contributed by atoms with Gasteiger partial charge in [0.2, 0.25) is 5.91 Å². The Hall–Kier alpha value is -1.40. The summed E-state index contributed by atoms with van der Waals surface area (Å²) in [7, 11) is -3.67. The van der Waals surface area contributed by atoms with Crippen LogP contribution in [0.1, 0.15) is 18.4 Å². The van der Waals surface area contributed by atoms with Crippen molar-refractivity contribution in [2.75, 3.05) is 12.8 Å². The molecule has 18 heavy (non-hydrogen) atoms. The molecule has 1 N–H and O–H groups in total. The molecule has 0 aromatic heterocycles. The monoisotopic (exact) mass is 271 g/mol. The number of hydrogen-bond acceptors (Lipinski definition) is 3. The Labute approximate surface area is 107 Å². The molecule has 0 spiro atoms. The first-order valence-corrected chi connectivity index (χ1v) is 7.45. The highest BCUT2D eigenvalue weighted by molar-refractivity contribution is 7.85. The zero-order valence-corrected chi connectivity index (χ0v) is 11.1. The molecule has 0 aliphatic carbocycles. The number of carbonyl (C=O) groups is 1. The quantitative estimate of drug-likeness (QED) is 0.823. The largest absolute Gasteiger partial charge is 0.338 e. The minimum atomic E-state index is -3.67. The van der Waals surface area contributed by atoms with Crippen LogP contribution in [-0.2, 0) is 21.5 Å². The molecule has 0 bridgehead atoms. The van der Waals surface area contributed by atoms with Gasteiger partial charge >= 0.3 is 0 Å². The topological polar surface area (TPSA) is 74.7 Å². The van der Waals surface area contributed by atoms with E-state index in [2.05, 4.69) is 12.1 Å². The van der Waals surface area contributed by atoms with Crippen molar-refractivity contribution in [2.45, 2.75) is 19.4 Å². The Morgan fingerprint density at radius 3 is 2.28 bits per heavy atom. The SMILES string of the molecule is CS(=O)(=O)O.O=C1CCCN1Cc1ccccc1. The van der Waals surface area contributed by atoms with Crippen LogP contribution >= 0.6 is 0 Å². The molecule has 1 aromatic carbocycles. The average molecular weight is 271 g/mol. The molecule has 5 nitrogen and oxygen atoms in total. The zero-order valence-electron chi connectivity index (χ0n) is 10.2. The van der Waals surface area contributed by atoms with Crippen molar-refractivity contribution in [3.63, 3.8) is 0 Å². The van der Waals surface area contributed by atoms with Crippen LogP contribution in [0.4, 0.5) is 0 Å². The molecule has 6 heteroatoms. The van der Waals surface area contributed by atoms with Gasteiger partial charge in [-0.05, 0) is 12.0 Å². The molecule has 0 atom stereocenters. The number of nitrogens with zero attached hydrogens (tertiary/aromatic N) is 1. The van der Waals surface area contributed by atoms with Crippen LogP contribution in [0.3, 0.4) is 0 Å². The van der Waals surface area contributed by atoms with Crippen molar-refractivity contribution in [1.82, 2.24) is 4.90 Å². The van der Waals surface area contributed by atoms with E-state index >= 15 is 0 Å². The van der Waals surface area contributed by atoms with Gasteiger partial charge in [0, 0.05) is 19.5 Å². The van der Waals surface area contributed by atoms with Crippen LogP contribution in [0.25, 0.3) is 0 Å². The maximum absolute atomic E-state index is 11.3. The Morgan fingerprint density at radius 1 is 1.28 bits per heavy atom. The third-order valence-electron chi connectivity index (χ3n) is 2.39. The maximum Gasteiger partial charge on any atom is 0.261 e. The lowest BCUT2D eigenvalue weighted by molar-refractivity contribution is -0.128. The predicted octanol–water partition coefficient (Wildman–Crippen LogP) is 1.31. The smallest absolute Gasteiger partial charge is 0.261 e. The van der Waals surface area contributed by atoms with Gasteiger partial charge in [-0.25, -0.2) is 0 Å². The van der Waals surface area contributed by atoms with Crippen molar-refractivity contribution < 1.29 is 17.8 Å². The molecule has 0 saturated carbocycles. The first-order valence-electron chi connectivity index (χ1n) is 5.60. The summed E-state index contributed by atoms with van der Waals surface area (Å²) >= 11 is 0. The molecule has 1 fully saturated rings. The number of rotatable bonds is 2. The van der Waals surface area contributed by atoms with Crippen LogP contribution in [-0.4, -0.2) is 36.6 Å². The van der Waals surface area contributed by atoms with E-state index in [0.717, 1.165) is 25.9 Å².